The highest BCUT2D eigenvalue weighted by Gasteiger charge is 2.31. The lowest BCUT2D eigenvalue weighted by Gasteiger charge is -2.26. The molecule has 0 saturated heterocycles. The molecule has 1 aliphatic rings. The van der Waals surface area contributed by atoms with Crippen molar-refractivity contribution in [3.63, 3.8) is 0 Å². The second kappa shape index (κ2) is 7.56. The number of nitrogens with two attached hydrogens (primary N) is 1. The van der Waals surface area contributed by atoms with Gasteiger partial charge in [-0.1, -0.05) is 6.07 Å². The van der Waals surface area contributed by atoms with Crippen molar-refractivity contribution in [1.29, 1.82) is 0 Å². The molecule has 150 valence electrons. The highest BCUT2D eigenvalue weighted by molar-refractivity contribution is 5.98. The van der Waals surface area contributed by atoms with Gasteiger partial charge in [0, 0.05) is 11.3 Å². The minimum atomic E-state index is -0.756. The van der Waals surface area contributed by atoms with Gasteiger partial charge in [0.05, 0.1) is 12.0 Å². The number of carbonyl (C=O) groups is 1. The molecule has 1 amide bonds. The fraction of sp³-hybridized carbons (Fsp3) is 0.286. The third kappa shape index (κ3) is 3.79. The van der Waals surface area contributed by atoms with Crippen molar-refractivity contribution < 1.29 is 14.3 Å². The van der Waals surface area contributed by atoms with E-state index in [1.807, 2.05) is 56.3 Å². The molecule has 29 heavy (non-hydrogen) atoms. The summed E-state index contributed by atoms with van der Waals surface area (Å²) in [6.45, 7) is 5.10. The van der Waals surface area contributed by atoms with Gasteiger partial charge in [0.1, 0.15) is 19.0 Å². The number of nitrogens with one attached hydrogen (secondary N) is 2. The Kier molecular flexibility index (Phi) is 4.94. The van der Waals surface area contributed by atoms with Crippen LogP contribution in [0, 0.1) is 0 Å². The summed E-state index contributed by atoms with van der Waals surface area (Å²) in [6, 6.07) is 13.0. The van der Waals surface area contributed by atoms with Gasteiger partial charge in [0.25, 0.3) is 0 Å². The van der Waals surface area contributed by atoms with Crippen LogP contribution in [-0.4, -0.2) is 34.3 Å². The molecule has 2 heterocycles. The molecule has 0 radical (unpaired) electrons. The number of H-pyrrole nitrogens is 1. The lowest BCUT2D eigenvalue weighted by molar-refractivity contribution is -0.120. The molecule has 1 aromatic heterocycles. The van der Waals surface area contributed by atoms with E-state index in [0.717, 1.165) is 11.1 Å². The summed E-state index contributed by atoms with van der Waals surface area (Å²) in [5.41, 5.74) is 7.18. The fourth-order valence-corrected chi connectivity index (χ4v) is 3.07. The summed E-state index contributed by atoms with van der Waals surface area (Å²) < 4.78 is 11.2. The maximum Gasteiger partial charge on any atom is 0.234 e. The second-order valence-corrected chi connectivity index (χ2v) is 7.32. The van der Waals surface area contributed by atoms with Gasteiger partial charge in [-0.05, 0) is 55.8 Å². The predicted octanol–water partition coefficient (Wildman–Crippen LogP) is 2.62. The Bertz CT molecular complexity index is 1030. The maximum atomic E-state index is 13.0. The number of aromatic amines is 1. The number of fused-ring (bicyclic) bond motifs is 1. The molecule has 0 unspecified atom stereocenters. The third-order valence-electron chi connectivity index (χ3n) is 4.96. The molecule has 4 N–H and O–H groups in total. The average Bonchev–Trinajstić information content (AvgIpc) is 3.23. The summed E-state index contributed by atoms with van der Waals surface area (Å²) in [5.74, 6) is 2.45. The molecule has 0 bridgehead atoms. The summed E-state index contributed by atoms with van der Waals surface area (Å²) in [7, 11) is 0. The van der Waals surface area contributed by atoms with Gasteiger partial charge < -0.3 is 20.5 Å². The molecule has 8 nitrogen and oxygen atoms in total. The van der Waals surface area contributed by atoms with E-state index in [1.165, 1.54) is 0 Å². The third-order valence-corrected chi connectivity index (χ3v) is 4.96. The van der Waals surface area contributed by atoms with Crippen molar-refractivity contribution in [3.8, 4) is 22.9 Å². The van der Waals surface area contributed by atoms with Crippen LogP contribution >= 0.6 is 0 Å². The summed E-state index contributed by atoms with van der Waals surface area (Å²) in [5, 5.41) is 9.90. The average molecular weight is 393 g/mol. The normalized spacial score (nSPS) is 13.2. The monoisotopic (exact) mass is 393 g/mol. The second-order valence-electron chi connectivity index (χ2n) is 7.32. The Balaban J connectivity index is 1.49. The number of amides is 1. The maximum absolute atomic E-state index is 13.0. The van der Waals surface area contributed by atoms with Crippen LogP contribution in [-0.2, 0) is 16.8 Å². The van der Waals surface area contributed by atoms with Crippen molar-refractivity contribution in [2.24, 2.45) is 5.73 Å². The fourth-order valence-electron chi connectivity index (χ4n) is 3.07. The smallest absolute Gasteiger partial charge is 0.234 e. The van der Waals surface area contributed by atoms with E-state index in [0.29, 0.717) is 48.6 Å². The molecule has 0 aliphatic carbocycles. The van der Waals surface area contributed by atoms with Crippen LogP contribution in [0.25, 0.3) is 11.4 Å². The van der Waals surface area contributed by atoms with E-state index in [2.05, 4.69) is 20.5 Å². The highest BCUT2D eigenvalue weighted by Crippen LogP contribution is 2.35. The summed E-state index contributed by atoms with van der Waals surface area (Å²) >= 11 is 0. The standard InChI is InChI=1S/C21H23N5O3/c1-21(2,14-5-8-16-17(11-14)29-10-9-28-16)20(27)23-15-6-3-13(4-7-15)19-24-18(12-22)25-26-19/h3-8,11H,9-10,12,22H2,1-2H3,(H,23,27)(H,24,25,26). The number of hydrogen-bond donors (Lipinski definition) is 3. The first-order valence-electron chi connectivity index (χ1n) is 9.41. The Hall–Kier alpha value is -3.39. The van der Waals surface area contributed by atoms with Gasteiger partial charge in [0.15, 0.2) is 17.3 Å². The van der Waals surface area contributed by atoms with E-state index < -0.39 is 5.41 Å². The molecule has 0 spiro atoms. The van der Waals surface area contributed by atoms with Crippen molar-refractivity contribution in [2.45, 2.75) is 25.8 Å². The molecule has 8 heteroatoms. The minimum absolute atomic E-state index is 0.120. The Morgan fingerprint density at radius 3 is 2.55 bits per heavy atom. The number of anilines is 1. The Labute approximate surface area is 168 Å². The van der Waals surface area contributed by atoms with Gasteiger partial charge in [0.2, 0.25) is 5.91 Å². The quantitative estimate of drug-likeness (QED) is 0.614. The SMILES string of the molecule is CC(C)(C(=O)Nc1ccc(-c2n[nH]c(CN)n2)cc1)c1ccc2c(c1)OCCO2. The van der Waals surface area contributed by atoms with Crippen molar-refractivity contribution >= 4 is 11.6 Å². The number of nitrogens with zero attached hydrogens (tertiary/aromatic N) is 2. The first kappa shape index (κ1) is 18.9. The van der Waals surface area contributed by atoms with E-state index >= 15 is 0 Å². The molecule has 1 aliphatic heterocycles. The molecule has 0 atom stereocenters. The molecule has 0 saturated carbocycles. The van der Waals surface area contributed by atoms with E-state index in [9.17, 15) is 4.79 Å². The zero-order valence-electron chi connectivity index (χ0n) is 16.4. The molecule has 4 rings (SSSR count). The van der Waals surface area contributed by atoms with Crippen molar-refractivity contribution in [2.75, 3.05) is 18.5 Å². The van der Waals surface area contributed by atoms with Gasteiger partial charge in [-0.3, -0.25) is 9.89 Å². The predicted molar refractivity (Wildman–Crippen MR) is 109 cm³/mol. The zero-order valence-corrected chi connectivity index (χ0v) is 16.4. The molecule has 0 fully saturated rings. The number of benzene rings is 2. The number of hydrogen-bond acceptors (Lipinski definition) is 6. The first-order valence-corrected chi connectivity index (χ1v) is 9.41. The van der Waals surface area contributed by atoms with Gasteiger partial charge >= 0.3 is 0 Å². The van der Waals surface area contributed by atoms with E-state index in [-0.39, 0.29) is 5.91 Å². The van der Waals surface area contributed by atoms with Crippen LogP contribution in [0.4, 0.5) is 5.69 Å². The van der Waals surface area contributed by atoms with Crippen LogP contribution in [0.15, 0.2) is 42.5 Å². The van der Waals surface area contributed by atoms with Gasteiger partial charge in [-0.25, -0.2) is 4.98 Å². The summed E-state index contributed by atoms with van der Waals surface area (Å²) in [4.78, 5) is 17.3. The Morgan fingerprint density at radius 1 is 1.14 bits per heavy atom. The molecule has 3 aromatic rings. The highest BCUT2D eigenvalue weighted by atomic mass is 16.6. The number of ether oxygens (including phenoxy) is 2. The van der Waals surface area contributed by atoms with Crippen LogP contribution < -0.4 is 20.5 Å². The van der Waals surface area contributed by atoms with Crippen molar-refractivity contribution in [1.82, 2.24) is 15.2 Å². The molecule has 2 aromatic carbocycles. The minimum Gasteiger partial charge on any atom is -0.486 e. The van der Waals surface area contributed by atoms with Crippen molar-refractivity contribution in [3.05, 3.63) is 53.9 Å². The van der Waals surface area contributed by atoms with Crippen LogP contribution in [0.1, 0.15) is 25.2 Å². The topological polar surface area (TPSA) is 115 Å². The Morgan fingerprint density at radius 2 is 1.86 bits per heavy atom. The van der Waals surface area contributed by atoms with E-state index in [4.69, 9.17) is 15.2 Å². The zero-order chi connectivity index (χ0) is 20.4. The largest absolute Gasteiger partial charge is 0.486 e. The summed E-state index contributed by atoms with van der Waals surface area (Å²) in [6.07, 6.45) is 0. The number of carbonyl (C=O) groups excluding carboxylic acids is 1. The van der Waals surface area contributed by atoms with Gasteiger partial charge in [-0.2, -0.15) is 5.10 Å². The molecular weight excluding hydrogens is 370 g/mol. The lowest BCUT2D eigenvalue weighted by atomic mass is 9.83. The molecular formula is C21H23N5O3. The number of rotatable bonds is 5. The van der Waals surface area contributed by atoms with Crippen LogP contribution in [0.5, 0.6) is 11.5 Å². The van der Waals surface area contributed by atoms with Gasteiger partial charge in [-0.15, -0.1) is 0 Å². The van der Waals surface area contributed by atoms with Crippen LogP contribution in [0.2, 0.25) is 0 Å². The lowest BCUT2D eigenvalue weighted by Crippen LogP contribution is -2.34. The van der Waals surface area contributed by atoms with Crippen LogP contribution in [0.3, 0.4) is 0 Å². The van der Waals surface area contributed by atoms with E-state index in [1.54, 1.807) is 0 Å². The number of aromatic nitrogens is 3. The first-order chi connectivity index (χ1) is 14.0.